The Hall–Kier alpha value is -1.75. The van der Waals surface area contributed by atoms with Crippen molar-refractivity contribution >= 4 is 6.03 Å². The third-order valence-corrected chi connectivity index (χ3v) is 2.83. The van der Waals surface area contributed by atoms with Gasteiger partial charge in [-0.05, 0) is 31.5 Å². The molecule has 0 fully saturated rings. The highest BCUT2D eigenvalue weighted by molar-refractivity contribution is 5.74. The fourth-order valence-corrected chi connectivity index (χ4v) is 1.67. The first-order valence-corrected chi connectivity index (χ1v) is 6.19. The summed E-state index contributed by atoms with van der Waals surface area (Å²) >= 11 is 0. The van der Waals surface area contributed by atoms with Gasteiger partial charge in [-0.3, -0.25) is 0 Å². The second-order valence-electron chi connectivity index (χ2n) is 4.73. The van der Waals surface area contributed by atoms with Crippen LogP contribution in [0.2, 0.25) is 0 Å². The molecular weight excluding hydrogens is 244 g/mol. The summed E-state index contributed by atoms with van der Waals surface area (Å²) in [7, 11) is 3.22. The van der Waals surface area contributed by atoms with Crippen LogP contribution in [0.1, 0.15) is 19.4 Å². The van der Waals surface area contributed by atoms with Gasteiger partial charge in [-0.15, -0.1) is 0 Å². The molecule has 0 aliphatic rings. The standard InChI is InChI=1S/C14H22N2O3/c1-14(2,16-13(17)15-9-10-18-3)11-5-7-12(19-4)8-6-11/h5-8H,9-10H2,1-4H3,(H2,15,16,17). The van der Waals surface area contributed by atoms with E-state index >= 15 is 0 Å². The van der Waals surface area contributed by atoms with Gasteiger partial charge in [0.25, 0.3) is 0 Å². The van der Waals surface area contributed by atoms with Gasteiger partial charge in [0.2, 0.25) is 0 Å². The molecule has 0 bridgehead atoms. The molecular formula is C14H22N2O3. The Morgan fingerprint density at radius 1 is 1.21 bits per heavy atom. The van der Waals surface area contributed by atoms with Crippen LogP contribution in [-0.2, 0) is 10.3 Å². The molecule has 106 valence electrons. The van der Waals surface area contributed by atoms with Crippen molar-refractivity contribution < 1.29 is 14.3 Å². The smallest absolute Gasteiger partial charge is 0.315 e. The predicted octanol–water partition coefficient (Wildman–Crippen LogP) is 1.88. The number of hydrogen-bond acceptors (Lipinski definition) is 3. The van der Waals surface area contributed by atoms with Crippen molar-refractivity contribution in [1.82, 2.24) is 10.6 Å². The van der Waals surface area contributed by atoms with Crippen molar-refractivity contribution in [3.05, 3.63) is 29.8 Å². The van der Waals surface area contributed by atoms with E-state index in [2.05, 4.69) is 10.6 Å². The normalized spacial score (nSPS) is 10.9. The molecule has 0 saturated carbocycles. The number of carbonyl (C=O) groups excluding carboxylic acids is 1. The number of rotatable bonds is 6. The monoisotopic (exact) mass is 266 g/mol. The Morgan fingerprint density at radius 2 is 1.84 bits per heavy atom. The lowest BCUT2D eigenvalue weighted by molar-refractivity contribution is 0.193. The fraction of sp³-hybridized carbons (Fsp3) is 0.500. The first-order chi connectivity index (χ1) is 8.99. The van der Waals surface area contributed by atoms with E-state index in [1.54, 1.807) is 14.2 Å². The number of urea groups is 1. The highest BCUT2D eigenvalue weighted by atomic mass is 16.5. The van der Waals surface area contributed by atoms with Gasteiger partial charge < -0.3 is 20.1 Å². The van der Waals surface area contributed by atoms with E-state index in [1.165, 1.54) is 0 Å². The minimum Gasteiger partial charge on any atom is -0.497 e. The van der Waals surface area contributed by atoms with Gasteiger partial charge in [0.15, 0.2) is 0 Å². The van der Waals surface area contributed by atoms with E-state index in [1.807, 2.05) is 38.1 Å². The van der Waals surface area contributed by atoms with E-state index < -0.39 is 5.54 Å². The number of hydrogen-bond donors (Lipinski definition) is 2. The van der Waals surface area contributed by atoms with E-state index in [4.69, 9.17) is 9.47 Å². The molecule has 2 amide bonds. The summed E-state index contributed by atoms with van der Waals surface area (Å²) in [5.74, 6) is 0.795. The van der Waals surface area contributed by atoms with Gasteiger partial charge in [0, 0.05) is 13.7 Å². The van der Waals surface area contributed by atoms with Crippen LogP contribution in [0.3, 0.4) is 0 Å². The summed E-state index contributed by atoms with van der Waals surface area (Å²) in [5, 5.41) is 5.65. The van der Waals surface area contributed by atoms with E-state index in [9.17, 15) is 4.79 Å². The number of ether oxygens (including phenoxy) is 2. The predicted molar refractivity (Wildman–Crippen MR) is 74.4 cm³/mol. The molecule has 2 N–H and O–H groups in total. The molecule has 19 heavy (non-hydrogen) atoms. The summed E-state index contributed by atoms with van der Waals surface area (Å²) in [4.78, 5) is 11.7. The van der Waals surface area contributed by atoms with Crippen LogP contribution in [0, 0.1) is 0 Å². The van der Waals surface area contributed by atoms with Crippen molar-refractivity contribution in [2.24, 2.45) is 0 Å². The van der Waals surface area contributed by atoms with Gasteiger partial charge in [-0.2, -0.15) is 0 Å². The Balaban J connectivity index is 2.60. The lowest BCUT2D eigenvalue weighted by atomic mass is 9.94. The third kappa shape index (κ3) is 4.79. The van der Waals surface area contributed by atoms with E-state index in [0.29, 0.717) is 13.2 Å². The van der Waals surface area contributed by atoms with Crippen LogP contribution in [0.15, 0.2) is 24.3 Å². The van der Waals surface area contributed by atoms with Gasteiger partial charge in [-0.1, -0.05) is 12.1 Å². The van der Waals surface area contributed by atoms with Crippen molar-refractivity contribution in [2.45, 2.75) is 19.4 Å². The average molecular weight is 266 g/mol. The van der Waals surface area contributed by atoms with E-state index in [-0.39, 0.29) is 6.03 Å². The molecule has 0 aliphatic carbocycles. The van der Waals surface area contributed by atoms with Gasteiger partial charge in [0.1, 0.15) is 5.75 Å². The molecule has 0 aliphatic heterocycles. The number of carbonyl (C=O) groups is 1. The lowest BCUT2D eigenvalue weighted by Crippen LogP contribution is -2.47. The molecule has 5 heteroatoms. The SMILES string of the molecule is COCCNC(=O)NC(C)(C)c1ccc(OC)cc1. The molecule has 1 aromatic rings. The minimum absolute atomic E-state index is 0.210. The Labute approximate surface area is 114 Å². The molecule has 0 spiro atoms. The molecule has 0 aromatic heterocycles. The number of nitrogens with one attached hydrogen (secondary N) is 2. The number of amides is 2. The van der Waals surface area contributed by atoms with Crippen molar-refractivity contribution in [3.63, 3.8) is 0 Å². The maximum absolute atomic E-state index is 11.7. The Bertz CT molecular complexity index is 402. The van der Waals surface area contributed by atoms with Crippen molar-refractivity contribution in [1.29, 1.82) is 0 Å². The highest BCUT2D eigenvalue weighted by Gasteiger charge is 2.22. The van der Waals surface area contributed by atoms with Crippen LogP contribution >= 0.6 is 0 Å². The van der Waals surface area contributed by atoms with Crippen LogP contribution in [-0.4, -0.2) is 33.4 Å². The maximum atomic E-state index is 11.7. The first kappa shape index (κ1) is 15.3. The van der Waals surface area contributed by atoms with Crippen LogP contribution in [0.4, 0.5) is 4.79 Å². The topological polar surface area (TPSA) is 59.6 Å². The van der Waals surface area contributed by atoms with Crippen LogP contribution in [0.5, 0.6) is 5.75 Å². The van der Waals surface area contributed by atoms with Crippen molar-refractivity contribution in [2.75, 3.05) is 27.4 Å². The molecule has 0 heterocycles. The molecule has 0 unspecified atom stereocenters. The summed E-state index contributed by atoms with van der Waals surface area (Å²) in [5.41, 5.74) is 0.555. The molecule has 1 aromatic carbocycles. The second kappa shape index (κ2) is 6.99. The maximum Gasteiger partial charge on any atom is 0.315 e. The summed E-state index contributed by atoms with van der Waals surface area (Å²) in [6, 6.07) is 7.42. The summed E-state index contributed by atoms with van der Waals surface area (Å²) in [6.07, 6.45) is 0. The molecule has 5 nitrogen and oxygen atoms in total. The zero-order chi connectivity index (χ0) is 14.3. The van der Waals surface area contributed by atoms with Crippen LogP contribution < -0.4 is 15.4 Å². The quantitative estimate of drug-likeness (QED) is 0.773. The van der Waals surface area contributed by atoms with Gasteiger partial charge >= 0.3 is 6.03 Å². The fourth-order valence-electron chi connectivity index (χ4n) is 1.67. The second-order valence-corrected chi connectivity index (χ2v) is 4.73. The van der Waals surface area contributed by atoms with Crippen molar-refractivity contribution in [3.8, 4) is 5.75 Å². The molecule has 0 radical (unpaired) electrons. The zero-order valence-electron chi connectivity index (χ0n) is 11.9. The molecule has 0 saturated heterocycles. The highest BCUT2D eigenvalue weighted by Crippen LogP contribution is 2.22. The zero-order valence-corrected chi connectivity index (χ0v) is 11.9. The number of methoxy groups -OCH3 is 2. The van der Waals surface area contributed by atoms with Gasteiger partial charge in [0.05, 0.1) is 19.3 Å². The summed E-state index contributed by atoms with van der Waals surface area (Å²) < 4.78 is 9.99. The minimum atomic E-state index is -0.455. The van der Waals surface area contributed by atoms with Gasteiger partial charge in [-0.25, -0.2) is 4.79 Å². The van der Waals surface area contributed by atoms with E-state index in [0.717, 1.165) is 11.3 Å². The summed E-state index contributed by atoms with van der Waals surface area (Å²) in [6.45, 7) is 4.88. The molecule has 1 rings (SSSR count). The first-order valence-electron chi connectivity index (χ1n) is 6.19. The largest absolute Gasteiger partial charge is 0.497 e. The number of benzene rings is 1. The average Bonchev–Trinajstić information content (AvgIpc) is 2.38. The lowest BCUT2D eigenvalue weighted by Gasteiger charge is -2.27. The Kier molecular flexibility index (Phi) is 5.63. The van der Waals surface area contributed by atoms with Crippen LogP contribution in [0.25, 0.3) is 0 Å². The molecule has 0 atom stereocenters. The Morgan fingerprint density at radius 3 is 2.37 bits per heavy atom. The third-order valence-electron chi connectivity index (χ3n) is 2.83.